The zero-order valence-corrected chi connectivity index (χ0v) is 17.5. The molecule has 2 N–H and O–H groups in total. The van der Waals surface area contributed by atoms with E-state index in [4.69, 9.17) is 9.57 Å². The largest absolute Gasteiger partial charge is 0.490 e. The second-order valence-corrected chi connectivity index (χ2v) is 7.45. The smallest absolute Gasteiger partial charge is 0.221 e. The van der Waals surface area contributed by atoms with E-state index in [1.807, 2.05) is 49.4 Å². The lowest BCUT2D eigenvalue weighted by molar-refractivity contribution is -0.114. The maximum Gasteiger partial charge on any atom is 0.221 e. The molecule has 0 aromatic heterocycles. The normalized spacial score (nSPS) is 12.5. The van der Waals surface area contributed by atoms with Gasteiger partial charge >= 0.3 is 0 Å². The number of hydrogen-bond donors (Lipinski definition) is 2. The third-order valence-corrected chi connectivity index (χ3v) is 5.00. The van der Waals surface area contributed by atoms with Crippen molar-refractivity contribution in [3.05, 3.63) is 83.4 Å². The number of aliphatic hydroxyl groups excluding tert-OH is 1. The van der Waals surface area contributed by atoms with Crippen LogP contribution in [0.4, 0.5) is 5.69 Å². The number of oxime groups is 1. The van der Waals surface area contributed by atoms with E-state index in [1.165, 1.54) is 6.92 Å². The van der Waals surface area contributed by atoms with Gasteiger partial charge in [-0.25, -0.2) is 0 Å². The number of nitrogens with zero attached hydrogens (tertiary/aromatic N) is 1. The van der Waals surface area contributed by atoms with Gasteiger partial charge in [-0.15, -0.1) is 0 Å². The Hall–Kier alpha value is -3.64. The number of carbonyl (C=O) groups is 1. The molecule has 0 spiro atoms. The summed E-state index contributed by atoms with van der Waals surface area (Å²) < 4.78 is 5.70. The second-order valence-electron chi connectivity index (χ2n) is 7.45. The number of rotatable bonds is 7. The van der Waals surface area contributed by atoms with Crippen molar-refractivity contribution >= 4 is 17.3 Å². The Morgan fingerprint density at radius 3 is 2.16 bits per heavy atom. The van der Waals surface area contributed by atoms with Crippen LogP contribution in [0, 0.1) is 6.92 Å². The standard InChI is InChI=1S/C25H24N2O4/c1-16-13-18(26-17(2)28)11-12-24(16)30-14-19(29)15-31-27-25-22-9-5-3-7-20(22)21-8-4-6-10-23(21)25/h3-13,19,29H,14-15H2,1-2H3,(H,26,28)/t19-/m1/s1. The molecule has 6 heteroatoms. The van der Waals surface area contributed by atoms with Gasteiger partial charge in [0.2, 0.25) is 5.91 Å². The first kappa shape index (κ1) is 20.6. The van der Waals surface area contributed by atoms with Crippen LogP contribution in [0.25, 0.3) is 11.1 Å². The molecule has 0 unspecified atom stereocenters. The minimum absolute atomic E-state index is 0.0108. The molecular formula is C25H24N2O4. The van der Waals surface area contributed by atoms with Gasteiger partial charge in [0.25, 0.3) is 0 Å². The fourth-order valence-electron chi connectivity index (χ4n) is 3.61. The topological polar surface area (TPSA) is 80.2 Å². The van der Waals surface area contributed by atoms with Gasteiger partial charge in [0.05, 0.1) is 0 Å². The van der Waals surface area contributed by atoms with Gasteiger partial charge in [-0.05, 0) is 41.8 Å². The Labute approximate surface area is 181 Å². The fourth-order valence-corrected chi connectivity index (χ4v) is 3.61. The summed E-state index contributed by atoms with van der Waals surface area (Å²) in [5.74, 6) is 0.507. The number of benzene rings is 3. The summed E-state index contributed by atoms with van der Waals surface area (Å²) in [6.45, 7) is 3.42. The van der Waals surface area contributed by atoms with E-state index in [9.17, 15) is 9.90 Å². The minimum atomic E-state index is -0.842. The van der Waals surface area contributed by atoms with Crippen LogP contribution in [0.1, 0.15) is 23.6 Å². The van der Waals surface area contributed by atoms with E-state index < -0.39 is 6.10 Å². The van der Waals surface area contributed by atoms with E-state index in [1.54, 1.807) is 12.1 Å². The number of carbonyl (C=O) groups excluding carboxylic acids is 1. The molecule has 1 atom stereocenters. The number of amides is 1. The van der Waals surface area contributed by atoms with Crippen LogP contribution < -0.4 is 10.1 Å². The molecule has 0 saturated heterocycles. The number of hydrogen-bond acceptors (Lipinski definition) is 5. The van der Waals surface area contributed by atoms with Gasteiger partial charge in [0.1, 0.15) is 30.8 Å². The van der Waals surface area contributed by atoms with Crippen molar-refractivity contribution in [3.8, 4) is 16.9 Å². The number of nitrogens with one attached hydrogen (secondary N) is 1. The maximum atomic E-state index is 11.2. The Bertz CT molecular complexity index is 1090. The van der Waals surface area contributed by atoms with E-state index in [2.05, 4.69) is 22.6 Å². The van der Waals surface area contributed by atoms with E-state index in [-0.39, 0.29) is 19.1 Å². The molecule has 0 fully saturated rings. The fraction of sp³-hybridized carbons (Fsp3) is 0.200. The average Bonchev–Trinajstić information content (AvgIpc) is 3.07. The van der Waals surface area contributed by atoms with Crippen LogP contribution in [-0.2, 0) is 9.63 Å². The number of ether oxygens (including phenoxy) is 1. The zero-order chi connectivity index (χ0) is 21.8. The van der Waals surface area contributed by atoms with Crippen molar-refractivity contribution in [1.82, 2.24) is 0 Å². The maximum absolute atomic E-state index is 11.2. The monoisotopic (exact) mass is 416 g/mol. The number of fused-ring (bicyclic) bond motifs is 3. The predicted octanol–water partition coefficient (Wildman–Crippen LogP) is 4.14. The van der Waals surface area contributed by atoms with Gasteiger partial charge in [-0.3, -0.25) is 4.79 Å². The highest BCUT2D eigenvalue weighted by atomic mass is 16.6. The first-order valence-corrected chi connectivity index (χ1v) is 10.1. The molecule has 1 aliphatic carbocycles. The Morgan fingerprint density at radius 1 is 0.968 bits per heavy atom. The number of aryl methyl sites for hydroxylation is 1. The highest BCUT2D eigenvalue weighted by Crippen LogP contribution is 2.36. The first-order valence-electron chi connectivity index (χ1n) is 10.1. The lowest BCUT2D eigenvalue weighted by Crippen LogP contribution is -2.23. The Morgan fingerprint density at radius 2 is 1.58 bits per heavy atom. The minimum Gasteiger partial charge on any atom is -0.490 e. The summed E-state index contributed by atoms with van der Waals surface area (Å²) in [7, 11) is 0. The van der Waals surface area contributed by atoms with Gasteiger partial charge < -0.3 is 20.0 Å². The van der Waals surface area contributed by atoms with Gasteiger partial charge in [-0.2, -0.15) is 0 Å². The van der Waals surface area contributed by atoms with Crippen LogP contribution >= 0.6 is 0 Å². The highest BCUT2D eigenvalue weighted by molar-refractivity contribution is 6.24. The van der Waals surface area contributed by atoms with Crippen LogP contribution in [0.15, 0.2) is 71.9 Å². The van der Waals surface area contributed by atoms with E-state index in [0.29, 0.717) is 11.4 Å². The molecule has 1 amide bonds. The lowest BCUT2D eigenvalue weighted by atomic mass is 10.1. The summed E-state index contributed by atoms with van der Waals surface area (Å²) in [6, 6.07) is 21.5. The highest BCUT2D eigenvalue weighted by Gasteiger charge is 2.24. The van der Waals surface area contributed by atoms with Crippen molar-refractivity contribution in [2.24, 2.45) is 5.16 Å². The molecule has 158 valence electrons. The predicted molar refractivity (Wildman–Crippen MR) is 120 cm³/mol. The molecule has 0 saturated carbocycles. The molecule has 0 bridgehead atoms. The SMILES string of the molecule is CC(=O)Nc1ccc(OC[C@@H](O)CON=C2c3ccccc3-c3ccccc32)c(C)c1. The van der Waals surface area contributed by atoms with Crippen molar-refractivity contribution < 1.29 is 19.5 Å². The third-order valence-electron chi connectivity index (χ3n) is 5.00. The van der Waals surface area contributed by atoms with Gasteiger partial charge in [0, 0.05) is 23.7 Å². The number of anilines is 1. The quantitative estimate of drug-likeness (QED) is 0.444. The van der Waals surface area contributed by atoms with Crippen LogP contribution in [0.2, 0.25) is 0 Å². The summed E-state index contributed by atoms with van der Waals surface area (Å²) >= 11 is 0. The van der Waals surface area contributed by atoms with Crippen molar-refractivity contribution in [2.45, 2.75) is 20.0 Å². The molecule has 3 aromatic carbocycles. The van der Waals surface area contributed by atoms with E-state index >= 15 is 0 Å². The molecule has 3 aromatic rings. The summed E-state index contributed by atoms with van der Waals surface area (Å²) in [5, 5.41) is 17.3. The molecule has 31 heavy (non-hydrogen) atoms. The first-order chi connectivity index (χ1) is 15.0. The van der Waals surface area contributed by atoms with Crippen molar-refractivity contribution in [3.63, 3.8) is 0 Å². The number of aliphatic hydroxyl groups is 1. The second kappa shape index (κ2) is 9.02. The van der Waals surface area contributed by atoms with Crippen LogP contribution in [0.5, 0.6) is 5.75 Å². The molecule has 0 aliphatic heterocycles. The summed E-state index contributed by atoms with van der Waals surface area (Å²) in [6.07, 6.45) is -0.842. The molecular weight excluding hydrogens is 392 g/mol. The average molecular weight is 416 g/mol. The molecule has 0 radical (unpaired) electrons. The summed E-state index contributed by atoms with van der Waals surface area (Å²) in [5.41, 5.74) is 6.62. The van der Waals surface area contributed by atoms with Crippen molar-refractivity contribution in [2.75, 3.05) is 18.5 Å². The summed E-state index contributed by atoms with van der Waals surface area (Å²) in [4.78, 5) is 16.6. The van der Waals surface area contributed by atoms with Gasteiger partial charge in [-0.1, -0.05) is 53.7 Å². The van der Waals surface area contributed by atoms with Crippen LogP contribution in [0.3, 0.4) is 0 Å². The zero-order valence-electron chi connectivity index (χ0n) is 17.5. The van der Waals surface area contributed by atoms with Crippen LogP contribution in [-0.4, -0.2) is 36.0 Å². The van der Waals surface area contributed by atoms with Crippen molar-refractivity contribution in [1.29, 1.82) is 0 Å². The third kappa shape index (κ3) is 4.59. The lowest BCUT2D eigenvalue weighted by Gasteiger charge is -2.14. The Kier molecular flexibility index (Phi) is 6.00. The van der Waals surface area contributed by atoms with Gasteiger partial charge in [0.15, 0.2) is 0 Å². The molecule has 6 nitrogen and oxygen atoms in total. The molecule has 1 aliphatic rings. The molecule has 4 rings (SSSR count). The molecule has 0 heterocycles. The van der Waals surface area contributed by atoms with E-state index in [0.717, 1.165) is 33.5 Å². The Balaban J connectivity index is 1.36.